The zero-order valence-electron chi connectivity index (χ0n) is 14.3. The monoisotopic (exact) mass is 335 g/mol. The van der Waals surface area contributed by atoms with Gasteiger partial charge in [0.2, 0.25) is 0 Å². The third kappa shape index (κ3) is 2.35. The highest BCUT2D eigenvalue weighted by Crippen LogP contribution is 2.41. The molecule has 0 spiro atoms. The maximum absolute atomic E-state index is 13.0. The minimum absolute atomic E-state index is 0.0192. The van der Waals surface area contributed by atoms with Crippen LogP contribution in [0.2, 0.25) is 0 Å². The standard InChI is InChI=1S/C19H21N5O/c1-12-10-20-18(13-6-7-13)24(12)14-8-9-23(11-14)19(25)17-15-4-2-3-5-16(15)21-22-17/h2-5,10,13-14H,6-9,11H2,1H3,(H,21,22). The number of H-pyrrole nitrogens is 1. The van der Waals surface area contributed by atoms with Gasteiger partial charge in [-0.2, -0.15) is 5.10 Å². The Morgan fingerprint density at radius 2 is 2.08 bits per heavy atom. The number of para-hydroxylation sites is 1. The number of hydrogen-bond acceptors (Lipinski definition) is 3. The Labute approximate surface area is 145 Å². The van der Waals surface area contributed by atoms with Crippen molar-refractivity contribution in [3.63, 3.8) is 0 Å². The Morgan fingerprint density at radius 3 is 2.92 bits per heavy atom. The predicted octanol–water partition coefficient (Wildman–Crippen LogP) is 3.03. The molecule has 3 heterocycles. The molecule has 3 aromatic rings. The molecule has 1 amide bonds. The molecule has 1 aliphatic heterocycles. The lowest BCUT2D eigenvalue weighted by Gasteiger charge is -2.19. The van der Waals surface area contributed by atoms with Gasteiger partial charge >= 0.3 is 0 Å². The van der Waals surface area contributed by atoms with Gasteiger partial charge in [0.15, 0.2) is 5.69 Å². The number of imidazole rings is 1. The van der Waals surface area contributed by atoms with Crippen molar-refractivity contribution >= 4 is 16.8 Å². The van der Waals surface area contributed by atoms with Crippen LogP contribution in [-0.2, 0) is 0 Å². The lowest BCUT2D eigenvalue weighted by molar-refractivity contribution is 0.0783. The number of hydrogen-bond donors (Lipinski definition) is 1. The largest absolute Gasteiger partial charge is 0.335 e. The summed E-state index contributed by atoms with van der Waals surface area (Å²) >= 11 is 0. The molecular weight excluding hydrogens is 314 g/mol. The van der Waals surface area contributed by atoms with Gasteiger partial charge in [-0.05, 0) is 32.3 Å². The van der Waals surface area contributed by atoms with Crippen LogP contribution in [0.25, 0.3) is 10.9 Å². The van der Waals surface area contributed by atoms with E-state index in [-0.39, 0.29) is 5.91 Å². The van der Waals surface area contributed by atoms with Crippen molar-refractivity contribution in [2.75, 3.05) is 13.1 Å². The topological polar surface area (TPSA) is 66.8 Å². The molecule has 2 aromatic heterocycles. The number of fused-ring (bicyclic) bond motifs is 1. The molecule has 0 radical (unpaired) electrons. The van der Waals surface area contributed by atoms with E-state index in [0.717, 1.165) is 30.4 Å². The number of aromatic nitrogens is 4. The van der Waals surface area contributed by atoms with Crippen molar-refractivity contribution in [1.29, 1.82) is 0 Å². The first-order valence-electron chi connectivity index (χ1n) is 8.98. The summed E-state index contributed by atoms with van der Waals surface area (Å²) in [5.74, 6) is 1.85. The van der Waals surface area contributed by atoms with Crippen LogP contribution in [0, 0.1) is 6.92 Å². The number of aryl methyl sites for hydroxylation is 1. The van der Waals surface area contributed by atoms with Gasteiger partial charge in [-0.15, -0.1) is 0 Å². The van der Waals surface area contributed by atoms with Gasteiger partial charge in [0.25, 0.3) is 5.91 Å². The van der Waals surface area contributed by atoms with E-state index in [1.807, 2.05) is 35.4 Å². The third-order valence-electron chi connectivity index (χ3n) is 5.44. The Bertz CT molecular complexity index is 952. The number of amides is 1. The molecular formula is C19H21N5O. The quantitative estimate of drug-likeness (QED) is 0.800. The summed E-state index contributed by atoms with van der Waals surface area (Å²) in [6.45, 7) is 3.62. The fourth-order valence-corrected chi connectivity index (χ4v) is 4.00. The summed E-state index contributed by atoms with van der Waals surface area (Å²) < 4.78 is 2.37. The van der Waals surface area contributed by atoms with E-state index in [4.69, 9.17) is 0 Å². The van der Waals surface area contributed by atoms with Gasteiger partial charge in [0, 0.05) is 36.3 Å². The minimum Gasteiger partial charge on any atom is -0.335 e. The molecule has 1 atom stereocenters. The Hall–Kier alpha value is -2.63. The van der Waals surface area contributed by atoms with Gasteiger partial charge in [0.05, 0.1) is 11.6 Å². The first-order chi connectivity index (χ1) is 12.2. The fourth-order valence-electron chi connectivity index (χ4n) is 4.00. The third-order valence-corrected chi connectivity index (χ3v) is 5.44. The van der Waals surface area contributed by atoms with Crippen molar-refractivity contribution in [3.05, 3.63) is 47.7 Å². The van der Waals surface area contributed by atoms with E-state index in [1.165, 1.54) is 24.4 Å². The number of nitrogens with zero attached hydrogens (tertiary/aromatic N) is 4. The maximum atomic E-state index is 13.0. The SMILES string of the molecule is Cc1cnc(C2CC2)n1C1CCN(C(=O)c2n[nH]c3ccccc23)C1. The number of carbonyl (C=O) groups excluding carboxylic acids is 1. The Morgan fingerprint density at radius 1 is 1.24 bits per heavy atom. The highest BCUT2D eigenvalue weighted by atomic mass is 16.2. The zero-order valence-corrected chi connectivity index (χ0v) is 14.3. The molecule has 25 heavy (non-hydrogen) atoms. The van der Waals surface area contributed by atoms with Crippen LogP contribution < -0.4 is 0 Å². The average molecular weight is 335 g/mol. The van der Waals surface area contributed by atoms with Gasteiger partial charge in [-0.3, -0.25) is 9.89 Å². The van der Waals surface area contributed by atoms with Crippen LogP contribution in [0.5, 0.6) is 0 Å². The van der Waals surface area contributed by atoms with Gasteiger partial charge < -0.3 is 9.47 Å². The van der Waals surface area contributed by atoms with E-state index in [0.29, 0.717) is 17.7 Å². The summed E-state index contributed by atoms with van der Waals surface area (Å²) in [5, 5.41) is 8.12. The van der Waals surface area contributed by atoms with Gasteiger partial charge in [0.1, 0.15) is 5.82 Å². The van der Waals surface area contributed by atoms with E-state index in [9.17, 15) is 4.79 Å². The van der Waals surface area contributed by atoms with Crippen LogP contribution >= 0.6 is 0 Å². The Kier molecular flexibility index (Phi) is 3.20. The van der Waals surface area contributed by atoms with Crippen LogP contribution in [0.4, 0.5) is 0 Å². The normalized spacial score (nSPS) is 20.5. The molecule has 2 fully saturated rings. The van der Waals surface area contributed by atoms with E-state index >= 15 is 0 Å². The lowest BCUT2D eigenvalue weighted by atomic mass is 10.2. The van der Waals surface area contributed by atoms with Crippen molar-refractivity contribution < 1.29 is 4.79 Å². The van der Waals surface area contributed by atoms with Crippen LogP contribution in [0.1, 0.15) is 53.2 Å². The number of aromatic amines is 1. The Balaban J connectivity index is 1.40. The number of benzene rings is 1. The number of rotatable bonds is 3. The molecule has 0 bridgehead atoms. The second-order valence-electron chi connectivity index (χ2n) is 7.21. The molecule has 6 heteroatoms. The van der Waals surface area contributed by atoms with Crippen LogP contribution in [0.3, 0.4) is 0 Å². The number of carbonyl (C=O) groups is 1. The summed E-state index contributed by atoms with van der Waals surface area (Å²) in [5.41, 5.74) is 2.63. The molecule has 5 rings (SSSR count). The van der Waals surface area contributed by atoms with Crippen molar-refractivity contribution in [1.82, 2.24) is 24.6 Å². The first kappa shape index (κ1) is 14.7. The van der Waals surface area contributed by atoms with E-state index < -0.39 is 0 Å². The van der Waals surface area contributed by atoms with Crippen LogP contribution in [0.15, 0.2) is 30.5 Å². The summed E-state index contributed by atoms with van der Waals surface area (Å²) in [7, 11) is 0. The molecule has 2 aliphatic rings. The van der Waals surface area contributed by atoms with E-state index in [2.05, 4.69) is 26.7 Å². The van der Waals surface area contributed by atoms with Crippen molar-refractivity contribution in [3.8, 4) is 0 Å². The summed E-state index contributed by atoms with van der Waals surface area (Å²) in [6.07, 6.45) is 5.43. The molecule has 1 N–H and O–H groups in total. The summed E-state index contributed by atoms with van der Waals surface area (Å²) in [4.78, 5) is 19.5. The second kappa shape index (κ2) is 5.44. The van der Waals surface area contributed by atoms with Gasteiger partial charge in [-0.25, -0.2) is 4.98 Å². The molecule has 1 unspecified atom stereocenters. The van der Waals surface area contributed by atoms with Crippen molar-refractivity contribution in [2.24, 2.45) is 0 Å². The fraction of sp³-hybridized carbons (Fsp3) is 0.421. The lowest BCUT2D eigenvalue weighted by Crippen LogP contribution is -2.30. The summed E-state index contributed by atoms with van der Waals surface area (Å²) in [6, 6.07) is 8.11. The van der Waals surface area contributed by atoms with Crippen molar-refractivity contribution in [2.45, 2.75) is 38.1 Å². The maximum Gasteiger partial charge on any atom is 0.275 e. The smallest absolute Gasteiger partial charge is 0.275 e. The minimum atomic E-state index is 0.0192. The molecule has 1 saturated carbocycles. The number of nitrogens with one attached hydrogen (secondary N) is 1. The number of likely N-dealkylation sites (tertiary alicyclic amines) is 1. The predicted molar refractivity (Wildman–Crippen MR) is 94.6 cm³/mol. The van der Waals surface area contributed by atoms with Gasteiger partial charge in [-0.1, -0.05) is 18.2 Å². The average Bonchev–Trinajstić information content (AvgIpc) is 3.06. The second-order valence-corrected chi connectivity index (χ2v) is 7.21. The first-order valence-corrected chi connectivity index (χ1v) is 8.98. The molecule has 1 saturated heterocycles. The zero-order chi connectivity index (χ0) is 17.0. The van der Waals surface area contributed by atoms with Crippen LogP contribution in [-0.4, -0.2) is 43.6 Å². The molecule has 6 nitrogen and oxygen atoms in total. The molecule has 1 aliphatic carbocycles. The van der Waals surface area contributed by atoms with E-state index in [1.54, 1.807) is 0 Å². The highest BCUT2D eigenvalue weighted by Gasteiger charge is 2.35. The molecule has 128 valence electrons. The highest BCUT2D eigenvalue weighted by molar-refractivity contribution is 6.04. The molecule has 1 aromatic carbocycles.